The van der Waals surface area contributed by atoms with Gasteiger partial charge >= 0.3 is 11.9 Å². The van der Waals surface area contributed by atoms with Crippen LogP contribution in [0.5, 0.6) is 0 Å². The van der Waals surface area contributed by atoms with Gasteiger partial charge in [-0.15, -0.1) is 0 Å². The largest absolute Gasteiger partial charge is 0.459 e. The second kappa shape index (κ2) is 7.74. The van der Waals surface area contributed by atoms with Crippen LogP contribution in [0.2, 0.25) is 0 Å². The van der Waals surface area contributed by atoms with E-state index in [9.17, 15) is 24.0 Å². The summed E-state index contributed by atoms with van der Waals surface area (Å²) >= 11 is 0. The summed E-state index contributed by atoms with van der Waals surface area (Å²) in [6, 6.07) is 7.86. The smallest absolute Gasteiger partial charge is 0.329 e. The first-order chi connectivity index (χ1) is 13.4. The third-order valence-electron chi connectivity index (χ3n) is 3.96. The minimum atomic E-state index is -1.22. The molecule has 4 amide bonds. The number of hydrogen-bond acceptors (Lipinski definition) is 7. The zero-order chi connectivity index (χ0) is 20.3. The van der Waals surface area contributed by atoms with Gasteiger partial charge in [0.2, 0.25) is 0 Å². The third-order valence-corrected chi connectivity index (χ3v) is 3.96. The standard InChI is InChI=1S/C18H15N3O7/c1-10(21-16(24)11-5-2-3-6-12(11)17(21)25)18(26)28-9-14(22)19-20-15(23)13-7-4-8-27-13/h2-8,10H,9H2,1H3,(H,19,22)(H,20,23)/t10-/m0/s1. The van der Waals surface area contributed by atoms with Gasteiger partial charge in [0.15, 0.2) is 12.4 Å². The number of ether oxygens (including phenoxy) is 1. The summed E-state index contributed by atoms with van der Waals surface area (Å²) < 4.78 is 9.67. The molecule has 1 aromatic heterocycles. The van der Waals surface area contributed by atoms with E-state index in [0.717, 1.165) is 4.90 Å². The van der Waals surface area contributed by atoms with Gasteiger partial charge in [-0.2, -0.15) is 0 Å². The molecule has 1 aliphatic rings. The van der Waals surface area contributed by atoms with E-state index in [1.807, 2.05) is 5.43 Å². The van der Waals surface area contributed by atoms with Crippen LogP contribution < -0.4 is 10.9 Å². The topological polar surface area (TPSA) is 135 Å². The van der Waals surface area contributed by atoms with Crippen LogP contribution in [0.4, 0.5) is 0 Å². The summed E-state index contributed by atoms with van der Waals surface area (Å²) in [5.41, 5.74) is 4.52. The fraction of sp³-hybridized carbons (Fsp3) is 0.167. The molecular formula is C18H15N3O7. The van der Waals surface area contributed by atoms with Gasteiger partial charge < -0.3 is 9.15 Å². The number of hydrazine groups is 1. The number of carbonyl (C=O) groups excluding carboxylic acids is 5. The van der Waals surface area contributed by atoms with Gasteiger partial charge in [-0.3, -0.25) is 34.9 Å². The molecule has 3 rings (SSSR count). The molecule has 10 heteroatoms. The normalized spacial score (nSPS) is 13.7. The SMILES string of the molecule is C[C@@H](C(=O)OCC(=O)NNC(=O)c1ccco1)N1C(=O)c2ccccc2C1=O. The van der Waals surface area contributed by atoms with Crippen molar-refractivity contribution in [3.05, 3.63) is 59.5 Å². The number of nitrogens with one attached hydrogen (secondary N) is 2. The minimum absolute atomic E-state index is 0.0171. The van der Waals surface area contributed by atoms with Crippen LogP contribution in [0.15, 0.2) is 47.1 Å². The zero-order valence-electron chi connectivity index (χ0n) is 14.6. The van der Waals surface area contributed by atoms with Crippen LogP contribution in [0.25, 0.3) is 0 Å². The molecule has 144 valence electrons. The second-order valence-corrected chi connectivity index (χ2v) is 5.79. The van der Waals surface area contributed by atoms with Crippen LogP contribution >= 0.6 is 0 Å². The highest BCUT2D eigenvalue weighted by Crippen LogP contribution is 2.24. The Hall–Kier alpha value is -3.95. The summed E-state index contributed by atoms with van der Waals surface area (Å²) in [4.78, 5) is 60.9. The minimum Gasteiger partial charge on any atom is -0.459 e. The van der Waals surface area contributed by atoms with Crippen LogP contribution in [0.3, 0.4) is 0 Å². The number of benzene rings is 1. The lowest BCUT2D eigenvalue weighted by Gasteiger charge is -2.20. The van der Waals surface area contributed by atoms with Crippen LogP contribution in [0, 0.1) is 0 Å². The van der Waals surface area contributed by atoms with Crippen molar-refractivity contribution < 1.29 is 33.1 Å². The van der Waals surface area contributed by atoms with E-state index >= 15 is 0 Å². The monoisotopic (exact) mass is 385 g/mol. The maximum Gasteiger partial charge on any atom is 0.329 e. The summed E-state index contributed by atoms with van der Waals surface area (Å²) in [5.74, 6) is -3.69. The predicted molar refractivity (Wildman–Crippen MR) is 91.7 cm³/mol. The second-order valence-electron chi connectivity index (χ2n) is 5.79. The molecule has 2 N–H and O–H groups in total. The summed E-state index contributed by atoms with van der Waals surface area (Å²) in [5, 5.41) is 0. The van der Waals surface area contributed by atoms with Crippen molar-refractivity contribution in [2.75, 3.05) is 6.61 Å². The fourth-order valence-corrected chi connectivity index (χ4v) is 2.55. The Balaban J connectivity index is 1.51. The van der Waals surface area contributed by atoms with Gasteiger partial charge in [-0.25, -0.2) is 4.79 Å². The van der Waals surface area contributed by atoms with Crippen molar-refractivity contribution in [2.24, 2.45) is 0 Å². The molecule has 0 spiro atoms. The molecule has 0 saturated carbocycles. The Morgan fingerprint density at radius 2 is 1.68 bits per heavy atom. The molecule has 0 unspecified atom stereocenters. The van der Waals surface area contributed by atoms with Gasteiger partial charge in [-0.1, -0.05) is 12.1 Å². The molecule has 28 heavy (non-hydrogen) atoms. The number of fused-ring (bicyclic) bond motifs is 1. The quantitative estimate of drug-likeness (QED) is 0.428. The first-order valence-electron chi connectivity index (χ1n) is 8.16. The number of hydrogen-bond donors (Lipinski definition) is 2. The molecule has 10 nitrogen and oxygen atoms in total. The first kappa shape index (κ1) is 18.8. The van der Waals surface area contributed by atoms with Crippen molar-refractivity contribution >= 4 is 29.6 Å². The van der Waals surface area contributed by atoms with Crippen LogP contribution in [-0.2, 0) is 14.3 Å². The molecule has 2 aromatic rings. The Morgan fingerprint density at radius 3 is 2.25 bits per heavy atom. The molecule has 0 radical (unpaired) electrons. The lowest BCUT2D eigenvalue weighted by molar-refractivity contribution is -0.152. The van der Waals surface area contributed by atoms with Gasteiger partial charge in [0.05, 0.1) is 17.4 Å². The van der Waals surface area contributed by atoms with Crippen molar-refractivity contribution in [3.63, 3.8) is 0 Å². The van der Waals surface area contributed by atoms with E-state index in [-0.39, 0.29) is 16.9 Å². The molecular weight excluding hydrogens is 370 g/mol. The number of imide groups is 1. The van der Waals surface area contributed by atoms with E-state index in [1.54, 1.807) is 12.1 Å². The van der Waals surface area contributed by atoms with Gasteiger partial charge in [0.25, 0.3) is 17.7 Å². The maximum absolute atomic E-state index is 12.3. The van der Waals surface area contributed by atoms with E-state index < -0.39 is 42.2 Å². The predicted octanol–water partition coefficient (Wildman–Crippen LogP) is 0.269. The number of carbonyl (C=O) groups is 5. The van der Waals surface area contributed by atoms with Crippen LogP contribution in [-0.4, -0.2) is 47.1 Å². The lowest BCUT2D eigenvalue weighted by atomic mass is 10.1. The molecule has 1 atom stereocenters. The Labute approximate surface area is 158 Å². The summed E-state index contributed by atoms with van der Waals surface area (Å²) in [6.07, 6.45) is 1.29. The average Bonchev–Trinajstić information content (AvgIpc) is 3.32. The Morgan fingerprint density at radius 1 is 1.04 bits per heavy atom. The number of nitrogens with zero attached hydrogens (tertiary/aromatic N) is 1. The van der Waals surface area contributed by atoms with Crippen molar-refractivity contribution in [3.8, 4) is 0 Å². The molecule has 1 aliphatic heterocycles. The first-order valence-corrected chi connectivity index (χ1v) is 8.16. The van der Waals surface area contributed by atoms with E-state index in [0.29, 0.717) is 0 Å². The van der Waals surface area contributed by atoms with Gasteiger partial charge in [0.1, 0.15) is 6.04 Å². The van der Waals surface area contributed by atoms with Crippen molar-refractivity contribution in [1.29, 1.82) is 0 Å². The van der Waals surface area contributed by atoms with Crippen molar-refractivity contribution in [2.45, 2.75) is 13.0 Å². The van der Waals surface area contributed by atoms with E-state index in [1.165, 1.54) is 37.5 Å². The molecule has 1 aromatic carbocycles. The number of esters is 1. The van der Waals surface area contributed by atoms with E-state index in [2.05, 4.69) is 5.43 Å². The maximum atomic E-state index is 12.3. The highest BCUT2D eigenvalue weighted by Gasteiger charge is 2.41. The number of rotatable bonds is 5. The van der Waals surface area contributed by atoms with E-state index in [4.69, 9.17) is 9.15 Å². The molecule has 0 bridgehead atoms. The van der Waals surface area contributed by atoms with Gasteiger partial charge in [-0.05, 0) is 31.2 Å². The molecule has 2 heterocycles. The highest BCUT2D eigenvalue weighted by molar-refractivity contribution is 6.22. The average molecular weight is 385 g/mol. The Bertz CT molecular complexity index is 917. The lowest BCUT2D eigenvalue weighted by Crippen LogP contribution is -2.46. The summed E-state index contributed by atoms with van der Waals surface area (Å²) in [7, 11) is 0. The van der Waals surface area contributed by atoms with Crippen LogP contribution in [0.1, 0.15) is 38.2 Å². The summed E-state index contributed by atoms with van der Waals surface area (Å²) in [6.45, 7) is 0.603. The Kier molecular flexibility index (Phi) is 5.21. The number of amides is 4. The molecule has 0 saturated heterocycles. The molecule has 0 fully saturated rings. The fourth-order valence-electron chi connectivity index (χ4n) is 2.55. The third kappa shape index (κ3) is 3.61. The zero-order valence-corrected chi connectivity index (χ0v) is 14.6. The molecule has 0 aliphatic carbocycles. The van der Waals surface area contributed by atoms with Crippen molar-refractivity contribution in [1.82, 2.24) is 15.8 Å². The number of furan rings is 1. The van der Waals surface area contributed by atoms with Gasteiger partial charge in [0, 0.05) is 0 Å². The highest BCUT2D eigenvalue weighted by atomic mass is 16.5.